The van der Waals surface area contributed by atoms with Gasteiger partial charge in [0, 0.05) is 35.6 Å². The smallest absolute Gasteiger partial charge is 0.407 e. The molecule has 14 nitrogen and oxygen atoms in total. The average Bonchev–Trinajstić information content (AvgIpc) is 3.73. The molecule has 2 aliphatic carbocycles. The van der Waals surface area contributed by atoms with Crippen molar-refractivity contribution in [3.8, 4) is 33.6 Å². The fourth-order valence-electron chi connectivity index (χ4n) is 8.00. The molecule has 0 spiro atoms. The third kappa shape index (κ3) is 6.08. The number of hydrogen-bond donors (Lipinski definition) is 5. The van der Waals surface area contributed by atoms with E-state index in [0.29, 0.717) is 17.7 Å². The van der Waals surface area contributed by atoms with Crippen LogP contribution in [0.4, 0.5) is 9.59 Å². The first kappa shape index (κ1) is 32.5. The third-order valence-electron chi connectivity index (χ3n) is 10.8. The molecule has 0 unspecified atom stereocenters. The summed E-state index contributed by atoms with van der Waals surface area (Å²) in [5, 5.41) is 14.0. The Morgan fingerprint density at radius 2 is 1.12 bits per heavy atom. The van der Waals surface area contributed by atoms with Gasteiger partial charge in [0.2, 0.25) is 11.8 Å². The van der Waals surface area contributed by atoms with Gasteiger partial charge in [-0.3, -0.25) is 9.59 Å². The number of alkyl carbamates (subject to hydrolysis) is 1. The molecule has 4 amide bonds. The zero-order chi connectivity index (χ0) is 35.6. The highest BCUT2D eigenvalue weighted by atomic mass is 16.5. The fourth-order valence-corrected chi connectivity index (χ4v) is 8.00. The van der Waals surface area contributed by atoms with Crippen molar-refractivity contribution < 1.29 is 29.0 Å². The summed E-state index contributed by atoms with van der Waals surface area (Å²) in [5.41, 5.74) is 5.56. The molecule has 0 bridgehead atoms. The lowest BCUT2D eigenvalue weighted by molar-refractivity contribution is -0.135. The molecule has 8 rings (SSSR count). The van der Waals surface area contributed by atoms with E-state index in [4.69, 9.17) is 15.1 Å². The molecule has 2 aliphatic heterocycles. The van der Waals surface area contributed by atoms with Gasteiger partial charge in [-0.1, -0.05) is 48.5 Å². The molecule has 51 heavy (non-hydrogen) atoms. The topological polar surface area (TPSA) is 186 Å². The lowest BCUT2D eigenvalue weighted by Crippen LogP contribution is -2.47. The van der Waals surface area contributed by atoms with Gasteiger partial charge in [-0.25, -0.2) is 19.6 Å². The van der Waals surface area contributed by atoms with Gasteiger partial charge in [0.25, 0.3) is 0 Å². The van der Waals surface area contributed by atoms with E-state index >= 15 is 0 Å². The summed E-state index contributed by atoms with van der Waals surface area (Å²) in [6.45, 7) is 3.25. The van der Waals surface area contributed by atoms with E-state index in [1.165, 1.54) is 7.11 Å². The number of rotatable bonds is 9. The largest absolute Gasteiger partial charge is 0.465 e. The number of hydrogen-bond acceptors (Lipinski definition) is 7. The number of carbonyl (C=O) groups is 4. The van der Waals surface area contributed by atoms with Crippen molar-refractivity contribution >= 4 is 24.0 Å². The summed E-state index contributed by atoms with van der Waals surface area (Å²) >= 11 is 0. The van der Waals surface area contributed by atoms with Gasteiger partial charge in [-0.15, -0.1) is 0 Å². The van der Waals surface area contributed by atoms with Crippen molar-refractivity contribution in [2.24, 2.45) is 11.8 Å². The van der Waals surface area contributed by atoms with E-state index < -0.39 is 24.3 Å². The number of imidazole rings is 2. The number of nitrogens with one attached hydrogen (secondary N) is 4. The number of amides is 4. The molecule has 264 valence electrons. The number of nitrogens with zero attached hydrogens (tertiary/aromatic N) is 4. The molecule has 8 atom stereocenters. The normalized spacial score (nSPS) is 25.4. The Kier molecular flexibility index (Phi) is 8.03. The Morgan fingerprint density at radius 1 is 0.706 bits per heavy atom. The van der Waals surface area contributed by atoms with E-state index in [1.54, 1.807) is 13.8 Å². The first-order valence-electron chi connectivity index (χ1n) is 17.4. The van der Waals surface area contributed by atoms with Crippen LogP contribution in [0.15, 0.2) is 60.9 Å². The number of fused-ring (bicyclic) bond motifs is 2. The van der Waals surface area contributed by atoms with Crippen LogP contribution in [0.2, 0.25) is 0 Å². The predicted octanol–water partition coefficient (Wildman–Crippen LogP) is 4.86. The highest BCUT2D eigenvalue weighted by Gasteiger charge is 2.56. The lowest BCUT2D eigenvalue weighted by atomic mass is 10.0. The molecule has 2 saturated carbocycles. The Bertz CT molecular complexity index is 1990. The molecule has 2 saturated heterocycles. The van der Waals surface area contributed by atoms with Crippen molar-refractivity contribution in [1.82, 2.24) is 40.4 Å². The van der Waals surface area contributed by atoms with Crippen molar-refractivity contribution in [3.63, 3.8) is 0 Å². The Balaban J connectivity index is 0.926. The molecule has 2 aromatic carbocycles. The van der Waals surface area contributed by atoms with Gasteiger partial charge in [-0.05, 0) is 62.5 Å². The summed E-state index contributed by atoms with van der Waals surface area (Å²) < 4.78 is 4.67. The van der Waals surface area contributed by atoms with E-state index in [0.717, 1.165) is 65.1 Å². The Morgan fingerprint density at radius 3 is 1.53 bits per heavy atom. The second-order valence-electron chi connectivity index (χ2n) is 14.1. The second kappa shape index (κ2) is 12.6. The van der Waals surface area contributed by atoms with E-state index in [1.807, 2.05) is 46.5 Å². The number of aromatic nitrogens is 4. The van der Waals surface area contributed by atoms with Gasteiger partial charge in [0.1, 0.15) is 23.7 Å². The molecule has 2 aromatic heterocycles. The number of ether oxygens (including phenoxy) is 1. The number of piperidine rings is 2. The highest BCUT2D eigenvalue weighted by molar-refractivity contribution is 5.87. The number of carbonyl (C=O) groups excluding carboxylic acids is 3. The SMILES string of the molecule is COC(=O)N[C@@H](C)C(=O)N1[C@@H]2C[C@H]2C[C@H]1c1nc(-c2ccc(-c3ccc(-c4c[nH]c([C@@H]5C[C@H]6C[C@H]6N5C(=O)[C@H](C)NC(=O)O)n4)cc3)cc2)c[nH]1. The minimum atomic E-state index is -1.22. The average molecular weight is 693 g/mol. The van der Waals surface area contributed by atoms with Crippen molar-refractivity contribution in [2.45, 2.75) is 75.8 Å². The predicted molar refractivity (Wildman–Crippen MR) is 185 cm³/mol. The molecular weight excluding hydrogens is 652 g/mol. The van der Waals surface area contributed by atoms with Gasteiger partial charge in [-0.2, -0.15) is 0 Å². The number of likely N-dealkylation sites (tertiary alicyclic amines) is 2. The minimum Gasteiger partial charge on any atom is -0.465 e. The first-order chi connectivity index (χ1) is 24.6. The lowest BCUT2D eigenvalue weighted by Gasteiger charge is -2.29. The maximum atomic E-state index is 13.3. The van der Waals surface area contributed by atoms with Gasteiger partial charge in [0.15, 0.2) is 0 Å². The summed E-state index contributed by atoms with van der Waals surface area (Å²) in [7, 11) is 1.28. The fraction of sp³-hybridized carbons (Fsp3) is 0.405. The monoisotopic (exact) mass is 692 g/mol. The maximum absolute atomic E-state index is 13.3. The molecule has 4 fully saturated rings. The van der Waals surface area contributed by atoms with Crippen LogP contribution in [0.5, 0.6) is 0 Å². The second-order valence-corrected chi connectivity index (χ2v) is 14.1. The van der Waals surface area contributed by atoms with Crippen LogP contribution in [-0.4, -0.2) is 90.1 Å². The molecule has 4 aromatic rings. The molecular formula is C37H40N8O6. The number of aromatic amines is 2. The van der Waals surface area contributed by atoms with E-state index in [-0.39, 0.29) is 36.0 Å². The number of methoxy groups -OCH3 is 1. The highest BCUT2D eigenvalue weighted by Crippen LogP contribution is 2.54. The van der Waals surface area contributed by atoms with E-state index in [9.17, 15) is 19.2 Å². The van der Waals surface area contributed by atoms with Gasteiger partial charge < -0.3 is 40.2 Å². The minimum absolute atomic E-state index is 0.137. The number of H-pyrrole nitrogens is 2. The third-order valence-corrected chi connectivity index (χ3v) is 10.8. The zero-order valence-corrected chi connectivity index (χ0v) is 28.5. The van der Waals surface area contributed by atoms with Crippen LogP contribution in [0.1, 0.15) is 63.3 Å². The summed E-state index contributed by atoms with van der Waals surface area (Å²) in [5.74, 6) is 1.97. The van der Waals surface area contributed by atoms with Crippen LogP contribution in [0.25, 0.3) is 33.6 Å². The summed E-state index contributed by atoms with van der Waals surface area (Å²) in [4.78, 5) is 69.3. The molecule has 4 heterocycles. The van der Waals surface area contributed by atoms with Gasteiger partial charge >= 0.3 is 12.2 Å². The van der Waals surface area contributed by atoms with E-state index in [2.05, 4.69) is 49.6 Å². The molecule has 14 heteroatoms. The van der Waals surface area contributed by atoms with Crippen LogP contribution < -0.4 is 10.6 Å². The van der Waals surface area contributed by atoms with Crippen LogP contribution in [-0.2, 0) is 14.3 Å². The van der Waals surface area contributed by atoms with Crippen LogP contribution in [0.3, 0.4) is 0 Å². The van der Waals surface area contributed by atoms with Crippen LogP contribution >= 0.6 is 0 Å². The van der Waals surface area contributed by atoms with Crippen molar-refractivity contribution in [2.75, 3.05) is 7.11 Å². The molecule has 5 N–H and O–H groups in total. The first-order valence-corrected chi connectivity index (χ1v) is 17.4. The Hall–Kier alpha value is -5.66. The standard InChI is InChI=1S/C37H40N8O6/c1-18(40-36(48)49)34(46)44-28-12-24(28)14-30(44)32-38-16-26(42-32)22-8-4-20(5-9-22)21-6-10-23(11-7-21)27-17-39-33(43-27)31-15-25-13-29(25)45(31)35(47)19(2)41-37(50)51-3/h4-11,16-19,24-25,28-31,40H,12-15H2,1-3H3,(H,38,42)(H,39,43)(H,41,50)(H,48,49)/t18-,19-,24+,25-,28+,29+,30-,31-/m0/s1. The summed E-state index contributed by atoms with van der Waals surface area (Å²) in [6, 6.07) is 14.8. The number of benzene rings is 2. The van der Waals surface area contributed by atoms with Crippen LogP contribution in [0, 0.1) is 11.8 Å². The molecule has 0 radical (unpaired) electrons. The quantitative estimate of drug-likeness (QED) is 0.165. The summed E-state index contributed by atoms with van der Waals surface area (Å²) in [6.07, 6.45) is 5.45. The zero-order valence-electron chi connectivity index (χ0n) is 28.5. The number of carboxylic acid groups (broad SMARTS) is 1. The van der Waals surface area contributed by atoms with Gasteiger partial charge in [0.05, 0.1) is 30.6 Å². The maximum Gasteiger partial charge on any atom is 0.407 e. The Labute approximate surface area is 294 Å². The van der Waals surface area contributed by atoms with Crippen molar-refractivity contribution in [1.29, 1.82) is 0 Å². The van der Waals surface area contributed by atoms with Crippen molar-refractivity contribution in [3.05, 3.63) is 72.6 Å². The molecule has 4 aliphatic rings.